The van der Waals surface area contributed by atoms with Crippen molar-refractivity contribution in [2.75, 3.05) is 13.1 Å². The highest BCUT2D eigenvalue weighted by atomic mass is 35.5. The number of halogens is 2. The second kappa shape index (κ2) is 6.21. The smallest absolute Gasteiger partial charge is 0.243 e. The predicted octanol–water partition coefficient (Wildman–Crippen LogP) is 1.87. The minimum atomic E-state index is -3.42. The second-order valence-corrected chi connectivity index (χ2v) is 6.59. The van der Waals surface area contributed by atoms with Crippen LogP contribution in [0.2, 0.25) is 5.02 Å². The lowest BCUT2D eigenvalue weighted by Gasteiger charge is -2.29. The van der Waals surface area contributed by atoms with E-state index in [1.807, 2.05) is 0 Å². The van der Waals surface area contributed by atoms with Crippen LogP contribution in [0.1, 0.15) is 12.8 Å². The quantitative estimate of drug-likeness (QED) is 0.907. The fourth-order valence-electron chi connectivity index (χ4n) is 1.95. The Hall–Kier alpha value is -0.330. The van der Waals surface area contributed by atoms with Crippen LogP contribution in [0.15, 0.2) is 29.2 Å². The first-order valence-electron chi connectivity index (χ1n) is 5.51. The summed E-state index contributed by atoms with van der Waals surface area (Å²) in [7, 11) is -3.42. The first-order valence-corrected chi connectivity index (χ1v) is 7.33. The first kappa shape index (κ1) is 15.7. The number of nitrogens with zero attached hydrogens (tertiary/aromatic N) is 1. The molecule has 1 atom stereocenters. The summed E-state index contributed by atoms with van der Waals surface area (Å²) in [5.41, 5.74) is 5.80. The molecule has 18 heavy (non-hydrogen) atoms. The molecule has 1 aliphatic heterocycles. The van der Waals surface area contributed by atoms with E-state index < -0.39 is 10.0 Å². The molecule has 7 heteroatoms. The molecule has 0 saturated carbocycles. The molecule has 1 heterocycles. The van der Waals surface area contributed by atoms with Gasteiger partial charge in [0, 0.05) is 24.2 Å². The topological polar surface area (TPSA) is 63.4 Å². The Morgan fingerprint density at radius 2 is 1.89 bits per heavy atom. The van der Waals surface area contributed by atoms with Crippen molar-refractivity contribution in [1.29, 1.82) is 0 Å². The molecule has 0 amide bonds. The fourth-order valence-corrected chi connectivity index (χ4v) is 3.61. The van der Waals surface area contributed by atoms with Crippen molar-refractivity contribution in [3.8, 4) is 0 Å². The number of rotatable bonds is 2. The molecule has 0 aromatic heterocycles. The monoisotopic (exact) mass is 310 g/mol. The molecule has 4 nitrogen and oxygen atoms in total. The molecule has 0 spiro atoms. The van der Waals surface area contributed by atoms with Gasteiger partial charge in [0.15, 0.2) is 0 Å². The highest BCUT2D eigenvalue weighted by Gasteiger charge is 2.28. The highest BCUT2D eigenvalue weighted by Crippen LogP contribution is 2.21. The van der Waals surface area contributed by atoms with Crippen molar-refractivity contribution in [3.63, 3.8) is 0 Å². The lowest BCUT2D eigenvalue weighted by atomic mass is 10.1. The van der Waals surface area contributed by atoms with Crippen LogP contribution in [-0.4, -0.2) is 31.9 Å². The lowest BCUT2D eigenvalue weighted by molar-refractivity contribution is 0.316. The van der Waals surface area contributed by atoms with Gasteiger partial charge in [-0.05, 0) is 37.1 Å². The van der Waals surface area contributed by atoms with Crippen molar-refractivity contribution in [3.05, 3.63) is 29.3 Å². The van der Waals surface area contributed by atoms with Crippen LogP contribution >= 0.6 is 24.0 Å². The van der Waals surface area contributed by atoms with E-state index in [0.29, 0.717) is 18.1 Å². The van der Waals surface area contributed by atoms with Crippen molar-refractivity contribution in [1.82, 2.24) is 4.31 Å². The fraction of sp³-hybridized carbons (Fsp3) is 0.455. The van der Waals surface area contributed by atoms with E-state index in [2.05, 4.69) is 0 Å². The number of piperidine rings is 1. The van der Waals surface area contributed by atoms with Gasteiger partial charge in [-0.25, -0.2) is 8.42 Å². The SMILES string of the molecule is Cl.N[C@@H]1CCCN(S(=O)(=O)c2ccc(Cl)cc2)C1. The van der Waals surface area contributed by atoms with Crippen LogP contribution < -0.4 is 5.73 Å². The standard InChI is InChI=1S/C11H15ClN2O2S.ClH/c12-9-3-5-11(6-4-9)17(15,16)14-7-1-2-10(13)8-14;/h3-6,10H,1-2,7-8,13H2;1H/t10-;/m1./s1. The Labute approximate surface area is 119 Å². The van der Waals surface area contributed by atoms with Crippen molar-refractivity contribution >= 4 is 34.0 Å². The molecular formula is C11H16Cl2N2O2S. The maximum atomic E-state index is 12.3. The summed E-state index contributed by atoms with van der Waals surface area (Å²) in [6.45, 7) is 0.934. The van der Waals surface area contributed by atoms with Gasteiger partial charge in [0.1, 0.15) is 0 Å². The van der Waals surface area contributed by atoms with Crippen molar-refractivity contribution in [2.24, 2.45) is 5.73 Å². The van der Waals surface area contributed by atoms with Crippen molar-refractivity contribution in [2.45, 2.75) is 23.8 Å². The van der Waals surface area contributed by atoms with Gasteiger partial charge < -0.3 is 5.73 Å². The average molecular weight is 311 g/mol. The minimum absolute atomic E-state index is 0. The molecule has 1 fully saturated rings. The number of sulfonamides is 1. The van der Waals surface area contributed by atoms with E-state index in [1.165, 1.54) is 16.4 Å². The summed E-state index contributed by atoms with van der Waals surface area (Å²) in [4.78, 5) is 0.274. The molecule has 0 aliphatic carbocycles. The first-order chi connectivity index (χ1) is 8.00. The summed E-state index contributed by atoms with van der Waals surface area (Å²) in [5, 5.41) is 0.527. The van der Waals surface area contributed by atoms with Gasteiger partial charge in [-0.15, -0.1) is 12.4 Å². The van der Waals surface area contributed by atoms with E-state index in [1.54, 1.807) is 12.1 Å². The van der Waals surface area contributed by atoms with Crippen LogP contribution in [0.3, 0.4) is 0 Å². The maximum absolute atomic E-state index is 12.3. The highest BCUT2D eigenvalue weighted by molar-refractivity contribution is 7.89. The molecule has 2 N–H and O–H groups in total. The van der Waals surface area contributed by atoms with E-state index in [4.69, 9.17) is 17.3 Å². The van der Waals surface area contributed by atoms with Gasteiger partial charge in [-0.1, -0.05) is 11.6 Å². The van der Waals surface area contributed by atoms with Crippen molar-refractivity contribution < 1.29 is 8.42 Å². The Balaban J connectivity index is 0.00000162. The van der Waals surface area contributed by atoms with Crippen LogP contribution in [0.4, 0.5) is 0 Å². The summed E-state index contributed by atoms with van der Waals surface area (Å²) in [5.74, 6) is 0. The summed E-state index contributed by atoms with van der Waals surface area (Å²) < 4.78 is 26.0. The van der Waals surface area contributed by atoms with Crippen LogP contribution in [0, 0.1) is 0 Å². The van der Waals surface area contributed by atoms with Gasteiger partial charge in [0.05, 0.1) is 4.90 Å². The van der Waals surface area contributed by atoms with E-state index >= 15 is 0 Å². The van der Waals surface area contributed by atoms with E-state index in [-0.39, 0.29) is 23.3 Å². The summed E-state index contributed by atoms with van der Waals surface area (Å²) in [6, 6.07) is 6.15. The Bertz CT molecular complexity index is 490. The third kappa shape index (κ3) is 3.36. The molecule has 0 bridgehead atoms. The zero-order chi connectivity index (χ0) is 12.5. The van der Waals surface area contributed by atoms with Gasteiger partial charge in [-0.2, -0.15) is 4.31 Å². The molecule has 102 valence electrons. The van der Waals surface area contributed by atoms with Crippen LogP contribution in [0.25, 0.3) is 0 Å². The average Bonchev–Trinajstić information content (AvgIpc) is 2.29. The minimum Gasteiger partial charge on any atom is -0.327 e. The summed E-state index contributed by atoms with van der Waals surface area (Å²) >= 11 is 5.74. The molecular weight excluding hydrogens is 295 g/mol. The molecule has 1 saturated heterocycles. The third-order valence-corrected chi connectivity index (χ3v) is 5.00. The van der Waals surface area contributed by atoms with Crippen LogP contribution in [-0.2, 0) is 10.0 Å². The van der Waals surface area contributed by atoms with Crippen LogP contribution in [0.5, 0.6) is 0 Å². The number of nitrogens with two attached hydrogens (primary N) is 1. The Morgan fingerprint density at radius 1 is 1.28 bits per heavy atom. The largest absolute Gasteiger partial charge is 0.327 e. The predicted molar refractivity (Wildman–Crippen MR) is 74.7 cm³/mol. The van der Waals surface area contributed by atoms with Gasteiger partial charge in [0.2, 0.25) is 10.0 Å². The molecule has 1 aliphatic rings. The summed E-state index contributed by atoms with van der Waals surface area (Å²) in [6.07, 6.45) is 1.70. The third-order valence-electron chi connectivity index (χ3n) is 2.87. The van der Waals surface area contributed by atoms with Gasteiger partial charge >= 0.3 is 0 Å². The zero-order valence-corrected chi connectivity index (χ0v) is 12.1. The number of hydrogen-bond acceptors (Lipinski definition) is 3. The van der Waals surface area contributed by atoms with E-state index in [0.717, 1.165) is 12.8 Å². The zero-order valence-electron chi connectivity index (χ0n) is 9.75. The molecule has 1 aromatic carbocycles. The lowest BCUT2D eigenvalue weighted by Crippen LogP contribution is -2.45. The Morgan fingerprint density at radius 3 is 2.44 bits per heavy atom. The molecule has 0 radical (unpaired) electrons. The molecule has 1 aromatic rings. The van der Waals surface area contributed by atoms with Gasteiger partial charge in [-0.3, -0.25) is 0 Å². The normalized spacial score (nSPS) is 21.3. The molecule has 0 unspecified atom stereocenters. The Kier molecular flexibility index (Phi) is 5.43. The number of hydrogen-bond donors (Lipinski definition) is 1. The van der Waals surface area contributed by atoms with Gasteiger partial charge in [0.25, 0.3) is 0 Å². The van der Waals surface area contributed by atoms with E-state index in [9.17, 15) is 8.42 Å². The second-order valence-electron chi connectivity index (χ2n) is 4.22. The number of benzene rings is 1. The maximum Gasteiger partial charge on any atom is 0.243 e. The molecule has 2 rings (SSSR count).